The molecule has 0 amide bonds. The number of Topliss-reactive ketones (excluding diaryl/α,β-unsaturated/α-hetero) is 1. The average molecular weight is 608 g/mol. The fourth-order valence-corrected chi connectivity index (χ4v) is 5.87. The Balaban J connectivity index is 1.76. The largest absolute Gasteiger partial charge is 0.493 e. The number of carbonyl (C=O) groups is 3. The van der Waals surface area contributed by atoms with E-state index in [1.807, 2.05) is 39.0 Å². The zero-order valence-electron chi connectivity index (χ0n) is 26.4. The van der Waals surface area contributed by atoms with E-state index in [0.717, 1.165) is 5.56 Å². The molecule has 1 saturated carbocycles. The standard InChI is InChI=1S/C34H41NO9/c1-8-41-30-18-23(10-12-28(30)44-21(5)36)32-31(34(38)43-14-13-42-19(2)3)20(4)35-25-15-24(16-26(37)33(25)32)22-9-11-27(39-6)29(17-22)40-7/h9-12,17-19,24,32-33H,8,13-16H2,1-7H3/t24-,32-,33?/m0/s1. The van der Waals surface area contributed by atoms with Crippen molar-refractivity contribution in [2.75, 3.05) is 34.0 Å². The minimum Gasteiger partial charge on any atom is -0.493 e. The maximum atomic E-state index is 14.1. The molecule has 1 heterocycles. The van der Waals surface area contributed by atoms with Crippen LogP contribution in [0.3, 0.4) is 0 Å². The highest BCUT2D eigenvalue weighted by Crippen LogP contribution is 2.48. The summed E-state index contributed by atoms with van der Waals surface area (Å²) in [5.74, 6) is -0.781. The van der Waals surface area contributed by atoms with Crippen LogP contribution in [0.15, 0.2) is 52.7 Å². The number of allylic oxidation sites excluding steroid dienone is 1. The molecule has 236 valence electrons. The van der Waals surface area contributed by atoms with Gasteiger partial charge in [0, 0.05) is 30.7 Å². The van der Waals surface area contributed by atoms with E-state index in [-0.39, 0.29) is 43.2 Å². The second kappa shape index (κ2) is 14.5. The highest BCUT2D eigenvalue weighted by Gasteiger charge is 2.46. The number of hydrogen-bond acceptors (Lipinski definition) is 10. The number of ether oxygens (including phenoxy) is 6. The maximum Gasteiger partial charge on any atom is 0.336 e. The van der Waals surface area contributed by atoms with E-state index in [4.69, 9.17) is 33.4 Å². The lowest BCUT2D eigenvalue weighted by Crippen LogP contribution is -2.41. The van der Waals surface area contributed by atoms with Crippen LogP contribution in [-0.4, -0.2) is 63.6 Å². The summed E-state index contributed by atoms with van der Waals surface area (Å²) in [5.41, 5.74) is 3.09. The number of rotatable bonds is 12. The van der Waals surface area contributed by atoms with E-state index in [1.165, 1.54) is 6.92 Å². The van der Waals surface area contributed by atoms with Crippen LogP contribution >= 0.6 is 0 Å². The first-order valence-electron chi connectivity index (χ1n) is 14.8. The van der Waals surface area contributed by atoms with Gasteiger partial charge in [0.05, 0.1) is 45.0 Å². The Morgan fingerprint density at radius 1 is 0.909 bits per heavy atom. The normalized spacial score (nSPS) is 19.7. The number of fused-ring (bicyclic) bond motifs is 1. The highest BCUT2D eigenvalue weighted by atomic mass is 16.6. The molecule has 4 rings (SSSR count). The molecule has 1 aliphatic carbocycles. The first-order valence-corrected chi connectivity index (χ1v) is 14.8. The number of aliphatic imine (C=N–C) groups is 1. The van der Waals surface area contributed by atoms with E-state index in [9.17, 15) is 14.4 Å². The monoisotopic (exact) mass is 607 g/mol. The Labute approximate surface area is 258 Å². The molecule has 0 bridgehead atoms. The molecule has 0 aromatic heterocycles. The summed E-state index contributed by atoms with van der Waals surface area (Å²) in [4.78, 5) is 44.3. The van der Waals surface area contributed by atoms with Gasteiger partial charge in [-0.3, -0.25) is 14.6 Å². The van der Waals surface area contributed by atoms with Crippen LogP contribution in [0.25, 0.3) is 0 Å². The van der Waals surface area contributed by atoms with Crippen molar-refractivity contribution in [2.45, 2.75) is 65.4 Å². The molecule has 2 aliphatic rings. The van der Waals surface area contributed by atoms with Crippen molar-refractivity contribution in [3.63, 3.8) is 0 Å². The van der Waals surface area contributed by atoms with Gasteiger partial charge in [-0.15, -0.1) is 0 Å². The lowest BCUT2D eigenvalue weighted by atomic mass is 9.66. The second-order valence-electron chi connectivity index (χ2n) is 11.0. The van der Waals surface area contributed by atoms with Crippen molar-refractivity contribution < 1.29 is 42.8 Å². The van der Waals surface area contributed by atoms with Gasteiger partial charge in [-0.2, -0.15) is 0 Å². The van der Waals surface area contributed by atoms with Crippen molar-refractivity contribution in [3.05, 3.63) is 58.8 Å². The molecule has 1 aliphatic heterocycles. The van der Waals surface area contributed by atoms with Gasteiger partial charge in [0.25, 0.3) is 0 Å². The fourth-order valence-electron chi connectivity index (χ4n) is 5.87. The quantitative estimate of drug-likeness (QED) is 0.173. The zero-order valence-corrected chi connectivity index (χ0v) is 26.4. The van der Waals surface area contributed by atoms with Crippen molar-refractivity contribution >= 4 is 23.4 Å². The van der Waals surface area contributed by atoms with E-state index in [1.54, 1.807) is 39.3 Å². The van der Waals surface area contributed by atoms with Gasteiger partial charge in [-0.05, 0) is 75.4 Å². The van der Waals surface area contributed by atoms with Crippen molar-refractivity contribution in [2.24, 2.45) is 10.9 Å². The summed E-state index contributed by atoms with van der Waals surface area (Å²) in [6.45, 7) is 9.33. The van der Waals surface area contributed by atoms with Crippen LogP contribution in [0, 0.1) is 5.92 Å². The molecule has 2 aromatic rings. The van der Waals surface area contributed by atoms with E-state index in [0.29, 0.717) is 52.8 Å². The minimum absolute atomic E-state index is 0.00422. The lowest BCUT2D eigenvalue weighted by Gasteiger charge is -2.38. The Kier molecular flexibility index (Phi) is 10.8. The molecule has 3 atom stereocenters. The van der Waals surface area contributed by atoms with Crippen LogP contribution in [0.4, 0.5) is 0 Å². The number of hydrogen-bond donors (Lipinski definition) is 0. The Hall–Kier alpha value is -4.18. The van der Waals surface area contributed by atoms with E-state index < -0.39 is 23.8 Å². The summed E-state index contributed by atoms with van der Waals surface area (Å²) >= 11 is 0. The Morgan fingerprint density at radius 2 is 1.59 bits per heavy atom. The molecule has 2 aromatic carbocycles. The minimum atomic E-state index is -0.682. The number of ketones is 1. The summed E-state index contributed by atoms with van der Waals surface area (Å²) < 4.78 is 33.2. The summed E-state index contributed by atoms with van der Waals surface area (Å²) in [6.07, 6.45) is 0.771. The highest BCUT2D eigenvalue weighted by molar-refractivity contribution is 6.12. The van der Waals surface area contributed by atoms with Crippen molar-refractivity contribution in [1.29, 1.82) is 0 Å². The Morgan fingerprint density at radius 3 is 2.25 bits per heavy atom. The third kappa shape index (κ3) is 7.30. The SMILES string of the molecule is CCOc1cc([C@H]2C(C(=O)OCCOC(C)C)=C(C)N=C3C[C@H](c4ccc(OC)c(OC)c4)CC(=O)C32)ccc1OC(C)=O. The molecular formula is C34H41NO9. The lowest BCUT2D eigenvalue weighted by molar-refractivity contribution is -0.141. The van der Waals surface area contributed by atoms with Gasteiger partial charge in [0.2, 0.25) is 0 Å². The molecule has 0 N–H and O–H groups in total. The first kappa shape index (κ1) is 32.7. The molecule has 1 fully saturated rings. The molecule has 0 radical (unpaired) electrons. The topological polar surface area (TPSA) is 119 Å². The first-order chi connectivity index (χ1) is 21.1. The number of carbonyl (C=O) groups excluding carboxylic acids is 3. The van der Waals surface area contributed by atoms with Crippen molar-refractivity contribution in [3.8, 4) is 23.0 Å². The third-order valence-corrected chi connectivity index (χ3v) is 7.70. The second-order valence-corrected chi connectivity index (χ2v) is 11.0. The van der Waals surface area contributed by atoms with Gasteiger partial charge >= 0.3 is 11.9 Å². The molecule has 0 spiro atoms. The van der Waals surface area contributed by atoms with Gasteiger partial charge in [-0.25, -0.2) is 4.79 Å². The number of esters is 2. The summed E-state index contributed by atoms with van der Waals surface area (Å²) in [7, 11) is 3.15. The molecule has 10 heteroatoms. The molecule has 10 nitrogen and oxygen atoms in total. The molecule has 1 unspecified atom stereocenters. The smallest absolute Gasteiger partial charge is 0.336 e. The molecule has 44 heavy (non-hydrogen) atoms. The third-order valence-electron chi connectivity index (χ3n) is 7.70. The van der Waals surface area contributed by atoms with Crippen LogP contribution < -0.4 is 18.9 Å². The maximum absolute atomic E-state index is 14.1. The summed E-state index contributed by atoms with van der Waals surface area (Å²) in [5, 5.41) is 0. The van der Waals surface area contributed by atoms with Crippen LogP contribution in [0.1, 0.15) is 70.4 Å². The number of benzene rings is 2. The predicted octanol–water partition coefficient (Wildman–Crippen LogP) is 5.57. The zero-order chi connectivity index (χ0) is 32.0. The van der Waals surface area contributed by atoms with Gasteiger partial charge in [0.1, 0.15) is 12.4 Å². The average Bonchev–Trinajstić information content (AvgIpc) is 2.98. The number of methoxy groups -OCH3 is 2. The van der Waals surface area contributed by atoms with Crippen LogP contribution in [0.2, 0.25) is 0 Å². The van der Waals surface area contributed by atoms with Crippen molar-refractivity contribution in [1.82, 2.24) is 0 Å². The van der Waals surface area contributed by atoms with E-state index in [2.05, 4.69) is 0 Å². The number of nitrogens with zero attached hydrogens (tertiary/aromatic N) is 1. The van der Waals surface area contributed by atoms with E-state index >= 15 is 0 Å². The van der Waals surface area contributed by atoms with Crippen LogP contribution in [0.5, 0.6) is 23.0 Å². The van der Waals surface area contributed by atoms with Gasteiger partial charge < -0.3 is 28.4 Å². The molecule has 0 saturated heterocycles. The predicted molar refractivity (Wildman–Crippen MR) is 164 cm³/mol. The van der Waals surface area contributed by atoms with Gasteiger partial charge in [-0.1, -0.05) is 12.1 Å². The van der Waals surface area contributed by atoms with Gasteiger partial charge in [0.15, 0.2) is 23.0 Å². The summed E-state index contributed by atoms with van der Waals surface area (Å²) in [6, 6.07) is 10.8. The van der Waals surface area contributed by atoms with Crippen LogP contribution in [-0.2, 0) is 23.9 Å². The fraction of sp³-hybridized carbons (Fsp3) is 0.471. The Bertz CT molecular complexity index is 1460. The molecular weight excluding hydrogens is 566 g/mol.